The molecule has 2 aromatic heterocycles. The molecule has 1 amide bonds. The third kappa shape index (κ3) is 2.51. The standard InChI is InChI=1S/C16H12BrClN2O2/c1-8-3-5-9(6-4-8)13-12(15(21)19-2)10-7-11(17)14(18)20-16(10)22-13/h3-7H,1-2H3,(H,19,21). The molecular weight excluding hydrogens is 368 g/mol. The van der Waals surface area contributed by atoms with E-state index < -0.39 is 0 Å². The van der Waals surface area contributed by atoms with Gasteiger partial charge >= 0.3 is 0 Å². The van der Waals surface area contributed by atoms with Gasteiger partial charge in [0.15, 0.2) is 0 Å². The van der Waals surface area contributed by atoms with E-state index in [1.54, 1.807) is 13.1 Å². The SMILES string of the molecule is CNC(=O)c1c(-c2ccc(C)cc2)oc2nc(Cl)c(Br)cc12. The van der Waals surface area contributed by atoms with Gasteiger partial charge in [-0.3, -0.25) is 4.79 Å². The summed E-state index contributed by atoms with van der Waals surface area (Å²) in [5.74, 6) is 0.251. The topological polar surface area (TPSA) is 55.1 Å². The Morgan fingerprint density at radius 1 is 1.32 bits per heavy atom. The molecule has 0 atom stereocenters. The number of furan rings is 1. The van der Waals surface area contributed by atoms with Crippen LogP contribution in [0.15, 0.2) is 39.2 Å². The maximum absolute atomic E-state index is 12.3. The summed E-state index contributed by atoms with van der Waals surface area (Å²) in [5.41, 5.74) is 2.73. The van der Waals surface area contributed by atoms with E-state index in [-0.39, 0.29) is 5.91 Å². The molecule has 0 aliphatic carbocycles. The lowest BCUT2D eigenvalue weighted by Crippen LogP contribution is -2.18. The highest BCUT2D eigenvalue weighted by atomic mass is 79.9. The number of nitrogens with one attached hydrogen (secondary N) is 1. The van der Waals surface area contributed by atoms with Crippen molar-refractivity contribution in [2.24, 2.45) is 0 Å². The third-order valence-electron chi connectivity index (χ3n) is 3.36. The minimum Gasteiger partial charge on any atom is -0.437 e. The van der Waals surface area contributed by atoms with Crippen LogP contribution < -0.4 is 5.32 Å². The zero-order valence-electron chi connectivity index (χ0n) is 11.9. The van der Waals surface area contributed by atoms with Gasteiger partial charge in [-0.2, -0.15) is 4.98 Å². The Bertz CT molecular complexity index is 872. The van der Waals surface area contributed by atoms with Crippen LogP contribution in [0.4, 0.5) is 0 Å². The van der Waals surface area contributed by atoms with Crippen molar-refractivity contribution in [3.63, 3.8) is 0 Å². The van der Waals surface area contributed by atoms with E-state index in [0.29, 0.717) is 32.0 Å². The fraction of sp³-hybridized carbons (Fsp3) is 0.125. The summed E-state index contributed by atoms with van der Waals surface area (Å²) < 4.78 is 6.42. The number of rotatable bonds is 2. The van der Waals surface area contributed by atoms with E-state index in [9.17, 15) is 4.79 Å². The van der Waals surface area contributed by atoms with Gasteiger partial charge in [0.25, 0.3) is 5.91 Å². The molecule has 0 unspecified atom stereocenters. The zero-order valence-corrected chi connectivity index (χ0v) is 14.2. The van der Waals surface area contributed by atoms with Crippen molar-refractivity contribution in [3.8, 4) is 11.3 Å². The van der Waals surface area contributed by atoms with Crippen LogP contribution in [0, 0.1) is 6.92 Å². The molecule has 0 radical (unpaired) electrons. The number of aryl methyl sites for hydroxylation is 1. The number of hydrogen-bond donors (Lipinski definition) is 1. The van der Waals surface area contributed by atoms with Crippen molar-refractivity contribution in [3.05, 3.63) is 51.1 Å². The Morgan fingerprint density at radius 2 is 2.00 bits per heavy atom. The summed E-state index contributed by atoms with van der Waals surface area (Å²) in [6.45, 7) is 2.00. The average molecular weight is 380 g/mol. The number of nitrogens with zero attached hydrogens (tertiary/aromatic N) is 1. The molecule has 1 N–H and O–H groups in total. The van der Waals surface area contributed by atoms with Gasteiger partial charge < -0.3 is 9.73 Å². The minimum absolute atomic E-state index is 0.231. The summed E-state index contributed by atoms with van der Waals surface area (Å²) in [7, 11) is 1.58. The number of hydrogen-bond acceptors (Lipinski definition) is 3. The van der Waals surface area contributed by atoms with Gasteiger partial charge in [0.2, 0.25) is 5.71 Å². The normalized spacial score (nSPS) is 10.9. The van der Waals surface area contributed by atoms with Gasteiger partial charge in [0.05, 0.1) is 15.4 Å². The van der Waals surface area contributed by atoms with Crippen LogP contribution in [0.3, 0.4) is 0 Å². The molecule has 0 bridgehead atoms. The highest BCUT2D eigenvalue weighted by Crippen LogP contribution is 2.36. The van der Waals surface area contributed by atoms with Crippen molar-refractivity contribution in [1.82, 2.24) is 10.3 Å². The predicted octanol–water partition coefficient (Wildman–Crippen LogP) is 4.58. The average Bonchev–Trinajstić information content (AvgIpc) is 2.86. The van der Waals surface area contributed by atoms with E-state index >= 15 is 0 Å². The van der Waals surface area contributed by atoms with E-state index in [2.05, 4.69) is 26.2 Å². The Hall–Kier alpha value is -1.85. The van der Waals surface area contributed by atoms with Crippen molar-refractivity contribution >= 4 is 44.5 Å². The largest absolute Gasteiger partial charge is 0.437 e. The van der Waals surface area contributed by atoms with Crippen LogP contribution in [0.25, 0.3) is 22.4 Å². The Morgan fingerprint density at radius 3 is 2.64 bits per heavy atom. The first-order chi connectivity index (χ1) is 10.5. The molecular formula is C16H12BrClN2O2. The zero-order chi connectivity index (χ0) is 15.9. The van der Waals surface area contributed by atoms with E-state index in [1.807, 2.05) is 31.2 Å². The predicted molar refractivity (Wildman–Crippen MR) is 90.3 cm³/mol. The van der Waals surface area contributed by atoms with Crippen LogP contribution >= 0.6 is 27.5 Å². The molecule has 22 heavy (non-hydrogen) atoms. The molecule has 0 saturated heterocycles. The first-order valence-corrected chi connectivity index (χ1v) is 7.76. The molecule has 6 heteroatoms. The summed E-state index contributed by atoms with van der Waals surface area (Å²) in [4.78, 5) is 16.5. The number of carbonyl (C=O) groups excluding carboxylic acids is 1. The molecule has 3 aromatic rings. The van der Waals surface area contributed by atoms with Gasteiger partial charge in [0.1, 0.15) is 10.9 Å². The maximum Gasteiger partial charge on any atom is 0.255 e. The summed E-state index contributed by atoms with van der Waals surface area (Å²) >= 11 is 9.34. The number of halogens is 2. The van der Waals surface area contributed by atoms with Gasteiger partial charge in [-0.1, -0.05) is 41.4 Å². The molecule has 0 fully saturated rings. The highest BCUT2D eigenvalue weighted by molar-refractivity contribution is 9.10. The second-order valence-electron chi connectivity index (χ2n) is 4.87. The molecule has 0 aliphatic heterocycles. The van der Waals surface area contributed by atoms with Crippen molar-refractivity contribution < 1.29 is 9.21 Å². The Kier molecular flexibility index (Phi) is 3.93. The van der Waals surface area contributed by atoms with E-state index in [1.165, 1.54) is 0 Å². The lowest BCUT2D eigenvalue weighted by molar-refractivity contribution is 0.0964. The number of carbonyl (C=O) groups is 1. The number of aromatic nitrogens is 1. The smallest absolute Gasteiger partial charge is 0.255 e. The van der Waals surface area contributed by atoms with Crippen LogP contribution in [0.5, 0.6) is 0 Å². The second-order valence-corrected chi connectivity index (χ2v) is 6.08. The van der Waals surface area contributed by atoms with Gasteiger partial charge in [-0.05, 0) is 28.9 Å². The number of fused-ring (bicyclic) bond motifs is 1. The second kappa shape index (κ2) is 5.74. The van der Waals surface area contributed by atoms with E-state index in [0.717, 1.165) is 11.1 Å². The number of amides is 1. The Balaban J connectivity index is 2.33. The first-order valence-electron chi connectivity index (χ1n) is 6.59. The number of pyridine rings is 1. The molecule has 1 aromatic carbocycles. The van der Waals surface area contributed by atoms with Crippen molar-refractivity contribution in [2.45, 2.75) is 6.92 Å². The van der Waals surface area contributed by atoms with Crippen molar-refractivity contribution in [1.29, 1.82) is 0 Å². The molecule has 0 spiro atoms. The minimum atomic E-state index is -0.231. The highest BCUT2D eigenvalue weighted by Gasteiger charge is 2.23. The summed E-state index contributed by atoms with van der Waals surface area (Å²) in [6.07, 6.45) is 0. The lowest BCUT2D eigenvalue weighted by atomic mass is 10.0. The maximum atomic E-state index is 12.3. The molecule has 112 valence electrons. The summed E-state index contributed by atoms with van der Waals surface area (Å²) in [5, 5.41) is 3.55. The van der Waals surface area contributed by atoms with Crippen LogP contribution in [0.2, 0.25) is 5.15 Å². The molecule has 3 rings (SSSR count). The van der Waals surface area contributed by atoms with Gasteiger partial charge in [-0.25, -0.2) is 0 Å². The first kappa shape index (κ1) is 15.1. The van der Waals surface area contributed by atoms with Crippen LogP contribution in [0.1, 0.15) is 15.9 Å². The van der Waals surface area contributed by atoms with Gasteiger partial charge in [-0.15, -0.1) is 0 Å². The number of benzene rings is 1. The third-order valence-corrected chi connectivity index (χ3v) is 4.48. The molecule has 0 aliphatic rings. The van der Waals surface area contributed by atoms with Crippen LogP contribution in [-0.2, 0) is 0 Å². The monoisotopic (exact) mass is 378 g/mol. The fourth-order valence-corrected chi connectivity index (χ4v) is 2.69. The molecule has 2 heterocycles. The van der Waals surface area contributed by atoms with E-state index in [4.69, 9.17) is 16.0 Å². The molecule has 0 saturated carbocycles. The quantitative estimate of drug-likeness (QED) is 0.663. The summed E-state index contributed by atoms with van der Waals surface area (Å²) in [6, 6.07) is 9.50. The molecule has 4 nitrogen and oxygen atoms in total. The van der Waals surface area contributed by atoms with Crippen LogP contribution in [-0.4, -0.2) is 17.9 Å². The van der Waals surface area contributed by atoms with Gasteiger partial charge in [0, 0.05) is 12.6 Å². The van der Waals surface area contributed by atoms with Crippen molar-refractivity contribution in [2.75, 3.05) is 7.05 Å². The fourth-order valence-electron chi connectivity index (χ4n) is 2.24. The Labute approximate surface area is 140 Å². The lowest BCUT2D eigenvalue weighted by Gasteiger charge is -2.02.